The number of hydrogen-bond acceptors (Lipinski definition) is 3. The van der Waals surface area contributed by atoms with E-state index in [4.69, 9.17) is 4.42 Å². The Labute approximate surface area is 146 Å². The van der Waals surface area contributed by atoms with Crippen molar-refractivity contribution in [1.29, 1.82) is 0 Å². The summed E-state index contributed by atoms with van der Waals surface area (Å²) in [7, 11) is 0. The summed E-state index contributed by atoms with van der Waals surface area (Å²) < 4.78 is 18.7. The van der Waals surface area contributed by atoms with Gasteiger partial charge in [0.2, 0.25) is 0 Å². The molecule has 0 bridgehead atoms. The van der Waals surface area contributed by atoms with E-state index in [9.17, 15) is 14.3 Å². The van der Waals surface area contributed by atoms with Gasteiger partial charge >= 0.3 is 6.03 Å². The fraction of sp³-hybridized carbons (Fsp3) is 0.421. The highest BCUT2D eigenvalue weighted by Gasteiger charge is 2.28. The molecule has 2 atom stereocenters. The van der Waals surface area contributed by atoms with Gasteiger partial charge in [0.15, 0.2) is 0 Å². The average molecular weight is 346 g/mol. The number of urea groups is 1. The highest BCUT2D eigenvalue weighted by molar-refractivity contribution is 5.74. The molecule has 0 saturated heterocycles. The van der Waals surface area contributed by atoms with Gasteiger partial charge in [0.1, 0.15) is 17.7 Å². The van der Waals surface area contributed by atoms with E-state index in [1.807, 2.05) is 6.07 Å². The molecule has 5 nitrogen and oxygen atoms in total. The van der Waals surface area contributed by atoms with E-state index in [1.165, 1.54) is 18.4 Å². The van der Waals surface area contributed by atoms with E-state index in [0.717, 1.165) is 31.2 Å². The molecular weight excluding hydrogens is 323 g/mol. The van der Waals surface area contributed by atoms with E-state index in [2.05, 4.69) is 10.6 Å². The average Bonchev–Trinajstić information content (AvgIpc) is 3.31. The fourth-order valence-electron chi connectivity index (χ4n) is 3.43. The van der Waals surface area contributed by atoms with Gasteiger partial charge in [-0.2, -0.15) is 0 Å². The number of benzene rings is 1. The Kier molecular flexibility index (Phi) is 5.71. The quantitative estimate of drug-likeness (QED) is 0.747. The van der Waals surface area contributed by atoms with Crippen LogP contribution in [0.1, 0.15) is 49.2 Å². The summed E-state index contributed by atoms with van der Waals surface area (Å²) in [6.45, 7) is 0.0416. The van der Waals surface area contributed by atoms with Crippen molar-refractivity contribution < 1.29 is 18.7 Å². The third-order valence-electron chi connectivity index (χ3n) is 4.69. The lowest BCUT2D eigenvalue weighted by Crippen LogP contribution is -2.41. The topological polar surface area (TPSA) is 74.5 Å². The fourth-order valence-corrected chi connectivity index (χ4v) is 3.43. The predicted octanol–water partition coefficient (Wildman–Crippen LogP) is 3.68. The minimum absolute atomic E-state index is 0.0416. The maximum Gasteiger partial charge on any atom is 0.315 e. The van der Waals surface area contributed by atoms with Gasteiger partial charge in [-0.05, 0) is 48.6 Å². The van der Waals surface area contributed by atoms with Gasteiger partial charge in [0, 0.05) is 0 Å². The largest absolute Gasteiger partial charge is 0.467 e. The SMILES string of the molecule is O=C(NCC(O)c1ccco1)NC(c1cccc(F)c1)C1CCCC1. The summed E-state index contributed by atoms with van der Waals surface area (Å²) in [6, 6.07) is 9.08. The highest BCUT2D eigenvalue weighted by atomic mass is 19.1. The molecule has 1 aliphatic rings. The molecule has 1 aromatic heterocycles. The van der Waals surface area contributed by atoms with Gasteiger partial charge < -0.3 is 20.2 Å². The van der Waals surface area contributed by atoms with Crippen molar-refractivity contribution in [2.75, 3.05) is 6.54 Å². The lowest BCUT2D eigenvalue weighted by molar-refractivity contribution is 0.147. The Morgan fingerprint density at radius 1 is 1.28 bits per heavy atom. The third kappa shape index (κ3) is 4.60. The monoisotopic (exact) mass is 346 g/mol. The maximum atomic E-state index is 13.6. The zero-order chi connectivity index (χ0) is 17.6. The molecule has 1 aliphatic carbocycles. The number of aliphatic hydroxyl groups is 1. The lowest BCUT2D eigenvalue weighted by atomic mass is 9.91. The van der Waals surface area contributed by atoms with Gasteiger partial charge in [0.05, 0.1) is 18.8 Å². The normalized spacial score (nSPS) is 17.2. The van der Waals surface area contributed by atoms with E-state index in [1.54, 1.807) is 18.2 Å². The molecule has 3 N–H and O–H groups in total. The van der Waals surface area contributed by atoms with Crippen LogP contribution in [0.2, 0.25) is 0 Å². The number of hydrogen-bond donors (Lipinski definition) is 3. The lowest BCUT2D eigenvalue weighted by Gasteiger charge is -2.25. The first kappa shape index (κ1) is 17.5. The molecule has 1 saturated carbocycles. The number of halogens is 1. The molecule has 1 aromatic carbocycles. The third-order valence-corrected chi connectivity index (χ3v) is 4.69. The van der Waals surface area contributed by atoms with E-state index in [-0.39, 0.29) is 24.4 Å². The van der Waals surface area contributed by atoms with Gasteiger partial charge in [-0.1, -0.05) is 25.0 Å². The van der Waals surface area contributed by atoms with Crippen molar-refractivity contribution in [1.82, 2.24) is 10.6 Å². The van der Waals surface area contributed by atoms with Crippen LogP contribution in [0.4, 0.5) is 9.18 Å². The van der Waals surface area contributed by atoms with E-state index in [0.29, 0.717) is 11.7 Å². The Morgan fingerprint density at radius 3 is 2.76 bits per heavy atom. The minimum atomic E-state index is -0.903. The zero-order valence-electron chi connectivity index (χ0n) is 14.0. The van der Waals surface area contributed by atoms with Crippen molar-refractivity contribution in [2.45, 2.75) is 37.8 Å². The molecule has 2 amide bonds. The smallest absolute Gasteiger partial charge is 0.315 e. The van der Waals surface area contributed by atoms with Crippen molar-refractivity contribution in [3.8, 4) is 0 Å². The summed E-state index contributed by atoms with van der Waals surface area (Å²) in [5, 5.41) is 15.6. The van der Waals surface area contributed by atoms with Crippen LogP contribution in [0.15, 0.2) is 47.1 Å². The van der Waals surface area contributed by atoms with Crippen LogP contribution in [0.5, 0.6) is 0 Å². The zero-order valence-corrected chi connectivity index (χ0v) is 14.0. The number of rotatable bonds is 6. The van der Waals surface area contributed by atoms with Gasteiger partial charge in [-0.25, -0.2) is 9.18 Å². The van der Waals surface area contributed by atoms with Crippen LogP contribution >= 0.6 is 0 Å². The summed E-state index contributed by atoms with van der Waals surface area (Å²) in [5.74, 6) is 0.385. The first-order valence-electron chi connectivity index (χ1n) is 8.65. The summed E-state index contributed by atoms with van der Waals surface area (Å²) >= 11 is 0. The minimum Gasteiger partial charge on any atom is -0.467 e. The number of carbonyl (C=O) groups is 1. The molecule has 1 fully saturated rings. The Bertz CT molecular complexity index is 684. The molecule has 0 radical (unpaired) electrons. The second kappa shape index (κ2) is 8.16. The van der Waals surface area contributed by atoms with Crippen LogP contribution < -0.4 is 10.6 Å². The Morgan fingerprint density at radius 2 is 2.08 bits per heavy atom. The van der Waals surface area contributed by atoms with Crippen LogP contribution in [-0.4, -0.2) is 17.7 Å². The number of amides is 2. The summed E-state index contributed by atoms with van der Waals surface area (Å²) in [5.41, 5.74) is 0.772. The number of nitrogens with one attached hydrogen (secondary N) is 2. The van der Waals surface area contributed by atoms with Crippen LogP contribution in [0.3, 0.4) is 0 Å². The standard InChI is InChI=1S/C19H23FN2O3/c20-15-8-3-7-14(11-15)18(13-5-1-2-6-13)22-19(24)21-12-16(23)17-9-4-10-25-17/h3-4,7-11,13,16,18,23H,1-2,5-6,12H2,(H2,21,22,24). The highest BCUT2D eigenvalue weighted by Crippen LogP contribution is 2.35. The van der Waals surface area contributed by atoms with Crippen molar-refractivity contribution in [3.63, 3.8) is 0 Å². The predicted molar refractivity (Wildman–Crippen MR) is 91.3 cm³/mol. The van der Waals surface area contributed by atoms with Gasteiger partial charge in [0.25, 0.3) is 0 Å². The summed E-state index contributed by atoms with van der Waals surface area (Å²) in [6.07, 6.45) is 4.83. The first-order chi connectivity index (χ1) is 12.1. The van der Waals surface area contributed by atoms with Gasteiger partial charge in [-0.15, -0.1) is 0 Å². The van der Waals surface area contributed by atoms with Crippen molar-refractivity contribution in [3.05, 3.63) is 59.8 Å². The Hall–Kier alpha value is -2.34. The molecule has 0 spiro atoms. The molecule has 2 aromatic rings. The van der Waals surface area contributed by atoms with Crippen LogP contribution in [0, 0.1) is 11.7 Å². The molecule has 1 heterocycles. The summed E-state index contributed by atoms with van der Waals surface area (Å²) in [4.78, 5) is 12.3. The second-order valence-corrected chi connectivity index (χ2v) is 6.46. The van der Waals surface area contributed by atoms with Crippen LogP contribution in [-0.2, 0) is 0 Å². The molecule has 0 aliphatic heterocycles. The molecular formula is C19H23FN2O3. The first-order valence-corrected chi connectivity index (χ1v) is 8.65. The van der Waals surface area contributed by atoms with E-state index >= 15 is 0 Å². The second-order valence-electron chi connectivity index (χ2n) is 6.46. The molecule has 3 rings (SSSR count). The van der Waals surface area contributed by atoms with Crippen molar-refractivity contribution >= 4 is 6.03 Å². The van der Waals surface area contributed by atoms with Gasteiger partial charge in [-0.3, -0.25) is 0 Å². The molecule has 6 heteroatoms. The molecule has 25 heavy (non-hydrogen) atoms. The van der Waals surface area contributed by atoms with Crippen molar-refractivity contribution in [2.24, 2.45) is 5.92 Å². The number of carbonyl (C=O) groups excluding carboxylic acids is 1. The number of aliphatic hydroxyl groups excluding tert-OH is 1. The Balaban J connectivity index is 1.62. The molecule has 134 valence electrons. The number of furan rings is 1. The maximum absolute atomic E-state index is 13.6. The van der Waals surface area contributed by atoms with E-state index < -0.39 is 6.10 Å². The van der Waals surface area contributed by atoms with Crippen LogP contribution in [0.25, 0.3) is 0 Å². The molecule has 2 unspecified atom stereocenters.